The van der Waals surface area contributed by atoms with Gasteiger partial charge in [-0.3, -0.25) is 0 Å². The number of nitrogens with zero attached hydrogens (tertiary/aromatic N) is 1. The van der Waals surface area contributed by atoms with Gasteiger partial charge in [0.05, 0.1) is 4.47 Å². The van der Waals surface area contributed by atoms with Gasteiger partial charge in [-0.15, -0.1) is 0 Å². The van der Waals surface area contributed by atoms with E-state index in [0.29, 0.717) is 25.2 Å². The van der Waals surface area contributed by atoms with Crippen molar-refractivity contribution >= 4 is 15.9 Å². The molecule has 0 amide bonds. The third-order valence-corrected chi connectivity index (χ3v) is 4.36. The standard InChI is InChI=1S/C16H25BrN2O2/c1-11(2)14(19(3)4)10-18-9-12-7-13(17)16-15(8-12)20-5-6-21-16/h7-8,11,14,18H,5-6,9-10H2,1-4H3. The molecule has 1 N–H and O–H groups in total. The van der Waals surface area contributed by atoms with Crippen molar-refractivity contribution in [2.24, 2.45) is 5.92 Å². The van der Waals surface area contributed by atoms with Crippen LogP contribution >= 0.6 is 15.9 Å². The van der Waals surface area contributed by atoms with E-state index in [1.54, 1.807) is 0 Å². The Labute approximate surface area is 135 Å². The highest BCUT2D eigenvalue weighted by atomic mass is 79.9. The van der Waals surface area contributed by atoms with Crippen molar-refractivity contribution < 1.29 is 9.47 Å². The SMILES string of the molecule is CC(C)C(CNCc1cc(Br)c2c(c1)OCCO2)N(C)C. The number of ether oxygens (including phenoxy) is 2. The highest BCUT2D eigenvalue weighted by Crippen LogP contribution is 2.38. The van der Waals surface area contributed by atoms with Crippen LogP contribution in [0.5, 0.6) is 11.5 Å². The van der Waals surface area contributed by atoms with Crippen LogP contribution < -0.4 is 14.8 Å². The van der Waals surface area contributed by atoms with Crippen LogP contribution in [0.25, 0.3) is 0 Å². The Hall–Kier alpha value is -0.780. The van der Waals surface area contributed by atoms with Gasteiger partial charge in [-0.2, -0.15) is 0 Å². The maximum Gasteiger partial charge on any atom is 0.175 e. The molecule has 0 aromatic heterocycles. The Morgan fingerprint density at radius 2 is 1.95 bits per heavy atom. The lowest BCUT2D eigenvalue weighted by molar-refractivity contribution is 0.170. The quantitative estimate of drug-likeness (QED) is 0.849. The Morgan fingerprint density at radius 1 is 1.24 bits per heavy atom. The monoisotopic (exact) mass is 356 g/mol. The Balaban J connectivity index is 1.96. The van der Waals surface area contributed by atoms with Crippen LogP contribution in [-0.2, 0) is 6.54 Å². The molecule has 1 unspecified atom stereocenters. The molecule has 1 aromatic rings. The Morgan fingerprint density at radius 3 is 2.62 bits per heavy atom. The number of hydrogen-bond donors (Lipinski definition) is 1. The summed E-state index contributed by atoms with van der Waals surface area (Å²) < 4.78 is 12.2. The van der Waals surface area contributed by atoms with E-state index in [1.165, 1.54) is 5.56 Å². The summed E-state index contributed by atoms with van der Waals surface area (Å²) in [6.07, 6.45) is 0. The minimum absolute atomic E-state index is 0.533. The van der Waals surface area contributed by atoms with E-state index in [0.717, 1.165) is 29.1 Å². The second kappa shape index (κ2) is 7.47. The summed E-state index contributed by atoms with van der Waals surface area (Å²) in [5.41, 5.74) is 1.20. The van der Waals surface area contributed by atoms with E-state index in [2.05, 4.69) is 66.2 Å². The fourth-order valence-electron chi connectivity index (χ4n) is 2.65. The van der Waals surface area contributed by atoms with E-state index in [1.807, 2.05) is 0 Å². The van der Waals surface area contributed by atoms with Crippen molar-refractivity contribution in [3.05, 3.63) is 22.2 Å². The summed E-state index contributed by atoms with van der Waals surface area (Å²) in [7, 11) is 4.26. The second-order valence-corrected chi connectivity index (χ2v) is 6.86. The van der Waals surface area contributed by atoms with Gasteiger partial charge in [0, 0.05) is 19.1 Å². The number of fused-ring (bicyclic) bond motifs is 1. The van der Waals surface area contributed by atoms with E-state index in [-0.39, 0.29) is 0 Å². The van der Waals surface area contributed by atoms with Gasteiger partial charge in [0.1, 0.15) is 13.2 Å². The highest BCUT2D eigenvalue weighted by Gasteiger charge is 2.17. The molecule has 0 fully saturated rings. The summed E-state index contributed by atoms with van der Waals surface area (Å²) >= 11 is 3.56. The van der Waals surface area contributed by atoms with Crippen LogP contribution in [0.4, 0.5) is 0 Å². The first kappa shape index (κ1) is 16.6. The average molecular weight is 357 g/mol. The molecule has 0 aliphatic carbocycles. The predicted octanol–water partition coefficient (Wildman–Crippen LogP) is 2.90. The van der Waals surface area contributed by atoms with Crippen molar-refractivity contribution in [2.45, 2.75) is 26.4 Å². The Kier molecular flexibility index (Phi) is 5.90. The van der Waals surface area contributed by atoms with E-state index in [9.17, 15) is 0 Å². The molecule has 1 aliphatic rings. The summed E-state index contributed by atoms with van der Waals surface area (Å²) in [6, 6.07) is 4.69. The molecular weight excluding hydrogens is 332 g/mol. The lowest BCUT2D eigenvalue weighted by Crippen LogP contribution is -2.41. The van der Waals surface area contributed by atoms with Gasteiger partial charge in [0.15, 0.2) is 11.5 Å². The summed E-state index contributed by atoms with van der Waals surface area (Å²) in [5.74, 6) is 2.28. The molecule has 0 saturated heterocycles. The molecule has 21 heavy (non-hydrogen) atoms. The molecule has 1 aliphatic heterocycles. The third kappa shape index (κ3) is 4.34. The number of nitrogens with one attached hydrogen (secondary N) is 1. The van der Waals surface area contributed by atoms with Crippen LogP contribution in [-0.4, -0.2) is 44.8 Å². The zero-order valence-electron chi connectivity index (χ0n) is 13.3. The average Bonchev–Trinajstić information content (AvgIpc) is 2.43. The molecule has 118 valence electrons. The molecule has 5 heteroatoms. The fourth-order valence-corrected chi connectivity index (χ4v) is 3.25. The van der Waals surface area contributed by atoms with Crippen molar-refractivity contribution in [3.8, 4) is 11.5 Å². The first-order chi connectivity index (χ1) is 9.99. The number of benzene rings is 1. The maximum atomic E-state index is 5.66. The van der Waals surface area contributed by atoms with Crippen LogP contribution in [0.15, 0.2) is 16.6 Å². The molecule has 1 aromatic carbocycles. The third-order valence-electron chi connectivity index (χ3n) is 3.77. The number of halogens is 1. The highest BCUT2D eigenvalue weighted by molar-refractivity contribution is 9.10. The van der Waals surface area contributed by atoms with Crippen LogP contribution in [0.3, 0.4) is 0 Å². The van der Waals surface area contributed by atoms with Gasteiger partial charge in [0.2, 0.25) is 0 Å². The fraction of sp³-hybridized carbons (Fsp3) is 0.625. The minimum Gasteiger partial charge on any atom is -0.486 e. The smallest absolute Gasteiger partial charge is 0.175 e. The molecule has 1 heterocycles. The first-order valence-electron chi connectivity index (χ1n) is 7.44. The zero-order valence-corrected chi connectivity index (χ0v) is 14.9. The van der Waals surface area contributed by atoms with Gasteiger partial charge in [-0.25, -0.2) is 0 Å². The van der Waals surface area contributed by atoms with Gasteiger partial charge in [-0.05, 0) is 53.6 Å². The number of hydrogen-bond acceptors (Lipinski definition) is 4. The predicted molar refractivity (Wildman–Crippen MR) is 89.2 cm³/mol. The molecule has 0 radical (unpaired) electrons. The van der Waals surface area contributed by atoms with E-state index >= 15 is 0 Å². The van der Waals surface area contributed by atoms with Gasteiger partial charge < -0.3 is 19.7 Å². The van der Waals surface area contributed by atoms with Crippen LogP contribution in [0.2, 0.25) is 0 Å². The lowest BCUT2D eigenvalue weighted by Gasteiger charge is -2.28. The van der Waals surface area contributed by atoms with Crippen LogP contribution in [0.1, 0.15) is 19.4 Å². The molecular formula is C16H25BrN2O2. The molecule has 2 rings (SSSR count). The van der Waals surface area contributed by atoms with Crippen molar-refractivity contribution in [1.29, 1.82) is 0 Å². The lowest BCUT2D eigenvalue weighted by atomic mass is 10.0. The topological polar surface area (TPSA) is 33.7 Å². The summed E-state index contributed by atoms with van der Waals surface area (Å²) in [6.45, 7) is 7.54. The molecule has 4 nitrogen and oxygen atoms in total. The second-order valence-electron chi connectivity index (χ2n) is 6.01. The van der Waals surface area contributed by atoms with Crippen molar-refractivity contribution in [2.75, 3.05) is 33.9 Å². The van der Waals surface area contributed by atoms with E-state index in [4.69, 9.17) is 9.47 Å². The summed E-state index contributed by atoms with van der Waals surface area (Å²) in [4.78, 5) is 2.28. The number of rotatable bonds is 6. The maximum absolute atomic E-state index is 5.66. The van der Waals surface area contributed by atoms with Crippen molar-refractivity contribution in [1.82, 2.24) is 10.2 Å². The van der Waals surface area contributed by atoms with Crippen LogP contribution in [0, 0.1) is 5.92 Å². The molecule has 0 spiro atoms. The molecule has 0 saturated carbocycles. The van der Waals surface area contributed by atoms with E-state index < -0.39 is 0 Å². The van der Waals surface area contributed by atoms with Gasteiger partial charge in [-0.1, -0.05) is 13.8 Å². The first-order valence-corrected chi connectivity index (χ1v) is 8.23. The normalized spacial score (nSPS) is 15.6. The zero-order chi connectivity index (χ0) is 15.4. The molecule has 1 atom stereocenters. The Bertz CT molecular complexity index is 470. The largest absolute Gasteiger partial charge is 0.486 e. The van der Waals surface area contributed by atoms with Crippen molar-refractivity contribution in [3.63, 3.8) is 0 Å². The van der Waals surface area contributed by atoms with Gasteiger partial charge in [0.25, 0.3) is 0 Å². The minimum atomic E-state index is 0.533. The van der Waals surface area contributed by atoms with Gasteiger partial charge >= 0.3 is 0 Å². The molecule has 0 bridgehead atoms. The summed E-state index contributed by atoms with van der Waals surface area (Å²) in [5, 5.41) is 3.54. The number of likely N-dealkylation sites (N-methyl/N-ethyl adjacent to an activating group) is 1.